The number of hydrogen-bond donors (Lipinski definition) is 0. The van der Waals surface area contributed by atoms with Gasteiger partial charge in [-0.1, -0.05) is 0 Å². The molecule has 2 N–H and O–H groups in total. The fourth-order valence-corrected chi connectivity index (χ4v) is 0. The van der Waals surface area contributed by atoms with Gasteiger partial charge >= 0.3 is 26.2 Å². The van der Waals surface area contributed by atoms with Gasteiger partial charge in [-0.3, -0.25) is 0 Å². The van der Waals surface area contributed by atoms with Crippen LogP contribution in [0.15, 0.2) is 0 Å². The van der Waals surface area contributed by atoms with Gasteiger partial charge in [-0.15, -0.1) is 0 Å². The average Bonchev–Trinajstić information content (AvgIpc) is 0. The van der Waals surface area contributed by atoms with Crippen LogP contribution in [0.2, 0.25) is 0 Å². The van der Waals surface area contributed by atoms with Crippen molar-refractivity contribution in [2.75, 3.05) is 0 Å². The van der Waals surface area contributed by atoms with Gasteiger partial charge in [0.15, 0.2) is 0 Å². The first kappa shape index (κ1) is 97.8. The first-order valence-electron chi connectivity index (χ1n) is 0. The van der Waals surface area contributed by atoms with Gasteiger partial charge in [0.25, 0.3) is 0 Å². The van der Waals surface area contributed by atoms with Gasteiger partial charge in [-0.25, -0.2) is 0 Å². The molecule has 0 radical (unpaired) electrons. The Morgan fingerprint density at radius 3 is 0.500 bits per heavy atom. The van der Waals surface area contributed by atoms with Crippen molar-refractivity contribution < 1.29 is 81.3 Å². The number of hydrogen-bond acceptors (Lipinski definition) is 0. The zero-order valence-electron chi connectivity index (χ0n) is 2.51. The van der Waals surface area contributed by atoms with Crippen LogP contribution in [0.3, 0.4) is 0 Å². The molecule has 1 nitrogen and oxygen atoms in total. The summed E-state index contributed by atoms with van der Waals surface area (Å²) in [5.41, 5.74) is 0. The maximum atomic E-state index is 0. The third-order valence-corrected chi connectivity index (χ3v) is 0. The zero-order valence-corrected chi connectivity index (χ0v) is 7.99. The number of halogens is 4. The van der Waals surface area contributed by atoms with E-state index in [1.807, 2.05) is 0 Å². The Labute approximate surface area is 80.7 Å². The minimum absolute atomic E-state index is 0. The Morgan fingerprint density at radius 2 is 0.500 bits per heavy atom. The molecule has 0 heterocycles. The topological polar surface area (TPSA) is 31.5 Å². The molecule has 0 rings (SSSR count). The predicted molar refractivity (Wildman–Crippen MR) is 3.61 cm³/mol. The Hall–Kier alpha value is 2.00. The van der Waals surface area contributed by atoms with E-state index in [9.17, 15) is 0 Å². The Kier molecular flexibility index (Phi) is 1030. The third-order valence-electron chi connectivity index (χ3n) is 0. The Balaban J connectivity index is 0. The summed E-state index contributed by atoms with van der Waals surface area (Å²) in [6, 6.07) is 0. The van der Waals surface area contributed by atoms with E-state index in [2.05, 4.69) is 0 Å². The third kappa shape index (κ3) is 37.4. The second kappa shape index (κ2) is 62.9. The van der Waals surface area contributed by atoms with Crippen molar-refractivity contribution in [3.05, 3.63) is 0 Å². The molecular formula is H2Cl4OZr-2. The summed E-state index contributed by atoms with van der Waals surface area (Å²) in [4.78, 5) is 0. The van der Waals surface area contributed by atoms with Gasteiger partial charge in [-0.05, 0) is 0 Å². The monoisotopic (exact) mass is 248 g/mol. The fourth-order valence-electron chi connectivity index (χ4n) is 0. The zero-order chi connectivity index (χ0) is 0. The smallest absolute Gasteiger partial charge is 1.00 e. The molecule has 6 heteroatoms. The van der Waals surface area contributed by atoms with Crippen molar-refractivity contribution in [1.82, 2.24) is 0 Å². The van der Waals surface area contributed by atoms with Crippen LogP contribution in [0.5, 0.6) is 0 Å². The molecule has 0 saturated carbocycles. The minimum atomic E-state index is 0. The molecule has 0 aromatic rings. The van der Waals surface area contributed by atoms with Crippen LogP contribution in [0.25, 0.3) is 0 Å². The molecule has 0 aliphatic heterocycles. The summed E-state index contributed by atoms with van der Waals surface area (Å²) in [5.74, 6) is 0. The maximum Gasteiger partial charge on any atom is 2.00 e. The standard InChI is InChI=1S/4ClH.H2O.Zr/h4*1H;1H2;/q;;;;;+2/p-4. The van der Waals surface area contributed by atoms with Crippen LogP contribution < -0.4 is 49.6 Å². The molecule has 0 bridgehead atoms. The van der Waals surface area contributed by atoms with Gasteiger partial charge in [0, 0.05) is 0 Å². The van der Waals surface area contributed by atoms with Crippen molar-refractivity contribution in [3.63, 3.8) is 0 Å². The van der Waals surface area contributed by atoms with Gasteiger partial charge in [0.2, 0.25) is 0 Å². The average molecular weight is 251 g/mol. The molecule has 0 aromatic carbocycles. The van der Waals surface area contributed by atoms with Crippen LogP contribution in [0.4, 0.5) is 0 Å². The fraction of sp³-hybridized carbons (Fsp3) is 0. The molecule has 0 aliphatic rings. The van der Waals surface area contributed by atoms with Gasteiger partial charge in [-0.2, -0.15) is 0 Å². The van der Waals surface area contributed by atoms with E-state index in [1.54, 1.807) is 0 Å². The Bertz CT molecular complexity index is 7.51. The molecule has 0 aliphatic carbocycles. The summed E-state index contributed by atoms with van der Waals surface area (Å²) in [7, 11) is 0. The number of rotatable bonds is 0. The van der Waals surface area contributed by atoms with Gasteiger partial charge < -0.3 is 55.1 Å². The van der Waals surface area contributed by atoms with Crippen molar-refractivity contribution in [2.45, 2.75) is 0 Å². The van der Waals surface area contributed by atoms with Gasteiger partial charge in [0.1, 0.15) is 0 Å². The Morgan fingerprint density at radius 1 is 0.500 bits per heavy atom. The van der Waals surface area contributed by atoms with Crippen molar-refractivity contribution in [3.8, 4) is 0 Å². The van der Waals surface area contributed by atoms with E-state index in [0.29, 0.717) is 0 Å². The van der Waals surface area contributed by atoms with Crippen molar-refractivity contribution in [2.24, 2.45) is 0 Å². The maximum absolute atomic E-state index is 0. The summed E-state index contributed by atoms with van der Waals surface area (Å²) < 4.78 is 0. The molecule has 0 fully saturated rings. The van der Waals surface area contributed by atoms with E-state index in [1.165, 1.54) is 0 Å². The molecular weight excluding hydrogens is 249 g/mol. The minimum Gasteiger partial charge on any atom is -1.00 e. The molecule has 0 unspecified atom stereocenters. The summed E-state index contributed by atoms with van der Waals surface area (Å²) >= 11 is 0. The van der Waals surface area contributed by atoms with Crippen LogP contribution in [-0.4, -0.2) is 5.48 Å². The molecule has 0 atom stereocenters. The second-order valence-corrected chi connectivity index (χ2v) is 0. The summed E-state index contributed by atoms with van der Waals surface area (Å²) in [6.45, 7) is 0. The predicted octanol–water partition coefficient (Wildman–Crippen LogP) is -12.8. The molecule has 0 amide bonds. The quantitative estimate of drug-likeness (QED) is 0.409. The molecule has 42 valence electrons. The first-order chi connectivity index (χ1) is 0. The van der Waals surface area contributed by atoms with E-state index < -0.39 is 0 Å². The van der Waals surface area contributed by atoms with Crippen molar-refractivity contribution >= 4 is 0 Å². The van der Waals surface area contributed by atoms with Crippen LogP contribution >= 0.6 is 0 Å². The SMILES string of the molecule is O.[Cl-].[Cl-].[Cl-].[Cl-].[Zr+2]. The van der Waals surface area contributed by atoms with E-state index >= 15 is 0 Å². The largest absolute Gasteiger partial charge is 2.00 e. The van der Waals surface area contributed by atoms with E-state index in [0.717, 1.165) is 0 Å². The van der Waals surface area contributed by atoms with Crippen molar-refractivity contribution in [1.29, 1.82) is 0 Å². The first-order valence-corrected chi connectivity index (χ1v) is 0. The van der Waals surface area contributed by atoms with Crippen LogP contribution in [0.1, 0.15) is 0 Å². The summed E-state index contributed by atoms with van der Waals surface area (Å²) in [6.07, 6.45) is 0. The van der Waals surface area contributed by atoms with E-state index in [-0.39, 0.29) is 81.3 Å². The van der Waals surface area contributed by atoms with Gasteiger partial charge in [0.05, 0.1) is 0 Å². The van der Waals surface area contributed by atoms with Crippen LogP contribution in [-0.2, 0) is 26.2 Å². The summed E-state index contributed by atoms with van der Waals surface area (Å²) in [5, 5.41) is 0. The molecule has 0 spiro atoms. The molecule has 0 saturated heterocycles. The second-order valence-electron chi connectivity index (χ2n) is 0. The molecule has 0 aromatic heterocycles. The van der Waals surface area contributed by atoms with E-state index in [4.69, 9.17) is 0 Å². The normalized spacial score (nSPS) is 0. The van der Waals surface area contributed by atoms with Crippen LogP contribution in [0, 0.1) is 0 Å². The molecule has 6 heavy (non-hydrogen) atoms.